The van der Waals surface area contributed by atoms with E-state index in [1.165, 1.54) is 18.2 Å². The third kappa shape index (κ3) is 4.69. The molecule has 1 aliphatic heterocycles. The molecule has 1 aliphatic rings. The van der Waals surface area contributed by atoms with Gasteiger partial charge in [-0.05, 0) is 49.1 Å². The number of carbonyl (C=O) groups is 1. The lowest BCUT2D eigenvalue weighted by Gasteiger charge is -2.25. The first-order chi connectivity index (χ1) is 15.7. The number of halogens is 1. The fraction of sp³-hybridized carbons (Fsp3) is 0.400. The molecule has 2 heterocycles. The highest BCUT2D eigenvalue weighted by molar-refractivity contribution is 5.92. The number of aromatic hydroxyl groups is 1. The van der Waals surface area contributed by atoms with Crippen LogP contribution in [0.1, 0.15) is 25.8 Å². The van der Waals surface area contributed by atoms with Crippen LogP contribution in [0.25, 0.3) is 22.3 Å². The zero-order valence-corrected chi connectivity index (χ0v) is 19.4. The average Bonchev–Trinajstić information content (AvgIpc) is 3.26. The van der Waals surface area contributed by atoms with Crippen molar-refractivity contribution in [2.45, 2.75) is 33.2 Å². The summed E-state index contributed by atoms with van der Waals surface area (Å²) in [5, 5.41) is 11.1. The average molecular weight is 453 g/mol. The van der Waals surface area contributed by atoms with E-state index < -0.39 is 5.82 Å². The Balaban J connectivity index is 1.68. The topological polar surface area (TPSA) is 78.8 Å². The van der Waals surface area contributed by atoms with E-state index in [9.17, 15) is 14.3 Å². The first-order valence-corrected chi connectivity index (χ1v) is 11.2. The van der Waals surface area contributed by atoms with Crippen molar-refractivity contribution in [2.24, 2.45) is 5.92 Å². The number of amides is 1. The Morgan fingerprint density at radius 2 is 2.09 bits per heavy atom. The number of likely N-dealkylation sites (N-methyl/N-ethyl adjacent to an activating group) is 1. The quantitative estimate of drug-likeness (QED) is 0.602. The number of phenols is 1. The molecular weight excluding hydrogens is 423 g/mol. The molecule has 2 aromatic carbocycles. The summed E-state index contributed by atoms with van der Waals surface area (Å²) in [5.74, 6) is 0.266. The molecule has 0 bridgehead atoms. The minimum atomic E-state index is -0.583. The lowest BCUT2D eigenvalue weighted by atomic mass is 10.1. The maximum absolute atomic E-state index is 14.6. The Bertz CT molecular complexity index is 1160. The van der Waals surface area contributed by atoms with E-state index >= 15 is 0 Å². The summed E-state index contributed by atoms with van der Waals surface area (Å²) in [6, 6.07) is 9.97. The van der Waals surface area contributed by atoms with Crippen LogP contribution in [0.15, 0.2) is 36.4 Å². The van der Waals surface area contributed by atoms with Crippen molar-refractivity contribution in [3.63, 3.8) is 0 Å². The van der Waals surface area contributed by atoms with E-state index in [0.29, 0.717) is 31.0 Å². The maximum atomic E-state index is 14.6. The van der Waals surface area contributed by atoms with Crippen LogP contribution in [0.2, 0.25) is 0 Å². The van der Waals surface area contributed by atoms with Gasteiger partial charge in [0.1, 0.15) is 17.4 Å². The summed E-state index contributed by atoms with van der Waals surface area (Å²) < 4.78 is 20.0. The number of nitrogens with zero attached hydrogens (tertiary/aromatic N) is 4. The van der Waals surface area contributed by atoms with Crippen LogP contribution in [0.5, 0.6) is 5.75 Å². The number of hydrogen-bond donors (Lipinski definition) is 1. The smallest absolute Gasteiger partial charge is 0.409 e. The first kappa shape index (κ1) is 22.8. The predicted molar refractivity (Wildman–Crippen MR) is 126 cm³/mol. The molecule has 1 N–H and O–H groups in total. The summed E-state index contributed by atoms with van der Waals surface area (Å²) in [5.41, 5.74) is 1.67. The number of anilines is 1. The third-order valence-electron chi connectivity index (χ3n) is 5.89. The molecule has 0 aliphatic carbocycles. The summed E-state index contributed by atoms with van der Waals surface area (Å²) in [6.07, 6.45) is 0.418. The van der Waals surface area contributed by atoms with Gasteiger partial charge in [0.15, 0.2) is 5.82 Å². The van der Waals surface area contributed by atoms with Crippen molar-refractivity contribution in [1.82, 2.24) is 14.9 Å². The number of fused-ring (bicyclic) bond motifs is 1. The molecule has 1 amide bonds. The maximum Gasteiger partial charge on any atom is 0.409 e. The molecule has 1 fully saturated rings. The number of benzene rings is 2. The van der Waals surface area contributed by atoms with Crippen LogP contribution < -0.4 is 4.90 Å². The monoisotopic (exact) mass is 452 g/mol. The van der Waals surface area contributed by atoms with Gasteiger partial charge in [0.25, 0.3) is 0 Å². The Hall–Kier alpha value is -3.42. The van der Waals surface area contributed by atoms with Gasteiger partial charge < -0.3 is 19.6 Å². The number of ether oxygens (including phenoxy) is 1. The molecule has 0 spiro atoms. The molecule has 1 aromatic heterocycles. The fourth-order valence-corrected chi connectivity index (χ4v) is 4.05. The van der Waals surface area contributed by atoms with Crippen LogP contribution in [0, 0.1) is 18.7 Å². The summed E-state index contributed by atoms with van der Waals surface area (Å²) in [6.45, 7) is 7.58. The number of aryl methyl sites for hydroxylation is 1. The largest absolute Gasteiger partial charge is 0.507 e. The highest BCUT2D eigenvalue weighted by Gasteiger charge is 2.31. The van der Waals surface area contributed by atoms with Crippen molar-refractivity contribution < 1.29 is 19.0 Å². The second-order valence-electron chi connectivity index (χ2n) is 9.00. The Kier molecular flexibility index (Phi) is 6.35. The molecule has 174 valence electrons. The highest BCUT2D eigenvalue weighted by Crippen LogP contribution is 2.35. The summed E-state index contributed by atoms with van der Waals surface area (Å²) >= 11 is 0. The van der Waals surface area contributed by atoms with Crippen LogP contribution in [0.3, 0.4) is 0 Å². The van der Waals surface area contributed by atoms with E-state index in [-0.39, 0.29) is 35.2 Å². The lowest BCUT2D eigenvalue weighted by molar-refractivity contribution is 0.0898. The van der Waals surface area contributed by atoms with Gasteiger partial charge in [0.05, 0.1) is 23.7 Å². The normalized spacial score (nSPS) is 15.9. The molecule has 0 unspecified atom stereocenters. The van der Waals surface area contributed by atoms with E-state index in [1.54, 1.807) is 11.9 Å². The van der Waals surface area contributed by atoms with Gasteiger partial charge >= 0.3 is 6.09 Å². The SMILES string of the molecule is Cc1ccc2c(N3CC[C@H](N(C)C(=O)OCC(C)C)C3)nc(-c3c(O)cccc3F)nc2c1. The highest BCUT2D eigenvalue weighted by atomic mass is 19.1. The van der Waals surface area contributed by atoms with E-state index in [4.69, 9.17) is 4.74 Å². The standard InChI is InChI=1S/C25H29FN4O3/c1-15(2)14-33-25(32)29(4)17-10-11-30(13-17)24-18-9-8-16(3)12-20(18)27-23(28-24)22-19(26)6-5-7-21(22)31/h5-9,12,15,17,31H,10-11,13-14H2,1-4H3/t17-/m0/s1. The van der Waals surface area contributed by atoms with Crippen molar-refractivity contribution in [3.05, 3.63) is 47.8 Å². The van der Waals surface area contributed by atoms with Gasteiger partial charge in [-0.15, -0.1) is 0 Å². The van der Waals surface area contributed by atoms with Crippen molar-refractivity contribution in [2.75, 3.05) is 31.6 Å². The van der Waals surface area contributed by atoms with Gasteiger partial charge in [0, 0.05) is 25.5 Å². The molecular formula is C25H29FN4O3. The molecule has 8 heteroatoms. The molecule has 7 nitrogen and oxygen atoms in total. The van der Waals surface area contributed by atoms with Gasteiger partial charge in [-0.2, -0.15) is 0 Å². The number of rotatable bonds is 5. The molecule has 33 heavy (non-hydrogen) atoms. The minimum absolute atomic E-state index is 0.0210. The Morgan fingerprint density at radius 1 is 1.30 bits per heavy atom. The molecule has 3 aromatic rings. The van der Waals surface area contributed by atoms with Crippen LogP contribution in [0.4, 0.5) is 15.0 Å². The predicted octanol–water partition coefficient (Wildman–Crippen LogP) is 4.75. The zero-order chi connectivity index (χ0) is 23.7. The molecule has 1 atom stereocenters. The minimum Gasteiger partial charge on any atom is -0.507 e. The summed E-state index contributed by atoms with van der Waals surface area (Å²) in [4.78, 5) is 25.4. The van der Waals surface area contributed by atoms with Gasteiger partial charge in [-0.1, -0.05) is 26.0 Å². The van der Waals surface area contributed by atoms with E-state index in [1.807, 2.05) is 39.0 Å². The summed E-state index contributed by atoms with van der Waals surface area (Å²) in [7, 11) is 1.75. The number of phenolic OH excluding ortho intramolecular Hbond substituents is 1. The number of hydrogen-bond acceptors (Lipinski definition) is 6. The third-order valence-corrected chi connectivity index (χ3v) is 5.89. The Labute approximate surface area is 192 Å². The second-order valence-corrected chi connectivity index (χ2v) is 9.00. The van der Waals surface area contributed by atoms with Gasteiger partial charge in [-0.3, -0.25) is 0 Å². The van der Waals surface area contributed by atoms with E-state index in [2.05, 4.69) is 14.9 Å². The molecule has 0 saturated carbocycles. The van der Waals surface area contributed by atoms with Gasteiger partial charge in [-0.25, -0.2) is 19.2 Å². The second kappa shape index (κ2) is 9.21. The number of carbonyl (C=O) groups excluding carboxylic acids is 1. The van der Waals surface area contributed by atoms with Crippen LogP contribution in [-0.4, -0.2) is 58.9 Å². The van der Waals surface area contributed by atoms with E-state index in [0.717, 1.165) is 17.4 Å². The van der Waals surface area contributed by atoms with Crippen molar-refractivity contribution in [1.29, 1.82) is 0 Å². The van der Waals surface area contributed by atoms with Crippen molar-refractivity contribution >= 4 is 22.8 Å². The lowest BCUT2D eigenvalue weighted by Crippen LogP contribution is -2.39. The fourth-order valence-electron chi connectivity index (χ4n) is 4.05. The van der Waals surface area contributed by atoms with Crippen LogP contribution >= 0.6 is 0 Å². The first-order valence-electron chi connectivity index (χ1n) is 11.2. The van der Waals surface area contributed by atoms with Gasteiger partial charge in [0.2, 0.25) is 0 Å². The van der Waals surface area contributed by atoms with Crippen molar-refractivity contribution in [3.8, 4) is 17.1 Å². The Morgan fingerprint density at radius 3 is 2.82 bits per heavy atom. The molecule has 4 rings (SSSR count). The van der Waals surface area contributed by atoms with Crippen LogP contribution in [-0.2, 0) is 4.74 Å². The molecule has 1 saturated heterocycles. The zero-order valence-electron chi connectivity index (χ0n) is 19.4. The molecule has 0 radical (unpaired) electrons. The number of aromatic nitrogens is 2.